The second kappa shape index (κ2) is 7.01. The van der Waals surface area contributed by atoms with Gasteiger partial charge >= 0.3 is 0 Å². The van der Waals surface area contributed by atoms with E-state index in [9.17, 15) is 0 Å². The summed E-state index contributed by atoms with van der Waals surface area (Å²) >= 11 is 0. The third-order valence-corrected chi connectivity index (χ3v) is 2.76. The highest BCUT2D eigenvalue weighted by Gasteiger charge is 2.19. The Morgan fingerprint density at radius 3 is 2.79 bits per heavy atom. The molecule has 5 heteroatoms. The molecule has 0 saturated heterocycles. The van der Waals surface area contributed by atoms with Crippen molar-refractivity contribution in [2.75, 3.05) is 13.7 Å². The molecule has 0 amide bonds. The summed E-state index contributed by atoms with van der Waals surface area (Å²) in [6.07, 6.45) is 0.788. The number of aromatic nitrogens is 2. The molecular weight excluding hydrogens is 242 g/mol. The number of rotatable bonds is 7. The maximum atomic E-state index is 5.46. The first-order chi connectivity index (χ1) is 9.35. The predicted octanol–water partition coefficient (Wildman–Crippen LogP) is 2.31. The lowest BCUT2D eigenvalue weighted by Crippen LogP contribution is -2.14. The fourth-order valence-corrected chi connectivity index (χ4v) is 1.84. The topological polar surface area (TPSA) is 60.2 Å². The van der Waals surface area contributed by atoms with E-state index in [1.54, 1.807) is 7.11 Å². The van der Waals surface area contributed by atoms with Gasteiger partial charge in [-0.25, -0.2) is 0 Å². The van der Waals surface area contributed by atoms with Crippen LogP contribution in [-0.4, -0.2) is 23.8 Å². The summed E-state index contributed by atoms with van der Waals surface area (Å²) in [5.41, 5.74) is 1.01. The van der Waals surface area contributed by atoms with Gasteiger partial charge < -0.3 is 14.6 Å². The van der Waals surface area contributed by atoms with Crippen LogP contribution in [0.25, 0.3) is 0 Å². The van der Waals surface area contributed by atoms with Crippen LogP contribution in [-0.2, 0) is 11.3 Å². The Labute approximate surface area is 113 Å². The molecule has 2 aromatic rings. The molecule has 0 aliphatic carbocycles. The largest absolute Gasteiger partial charge is 0.369 e. The van der Waals surface area contributed by atoms with Gasteiger partial charge in [-0.15, -0.1) is 0 Å². The molecule has 0 aliphatic heterocycles. The van der Waals surface area contributed by atoms with E-state index in [0.29, 0.717) is 18.3 Å². The molecule has 0 fully saturated rings. The van der Waals surface area contributed by atoms with Crippen molar-refractivity contribution in [2.45, 2.75) is 26.0 Å². The number of nitrogens with one attached hydrogen (secondary N) is 1. The highest BCUT2D eigenvalue weighted by Crippen LogP contribution is 2.22. The predicted molar refractivity (Wildman–Crippen MR) is 71.6 cm³/mol. The summed E-state index contributed by atoms with van der Waals surface area (Å²) in [5.74, 6) is 1.14. The average molecular weight is 261 g/mol. The summed E-state index contributed by atoms with van der Waals surface area (Å²) in [6.45, 7) is 3.64. The Morgan fingerprint density at radius 2 is 2.11 bits per heavy atom. The maximum Gasteiger partial charge on any atom is 0.240 e. The number of hydrogen-bond donors (Lipinski definition) is 1. The fourth-order valence-electron chi connectivity index (χ4n) is 1.84. The first-order valence-electron chi connectivity index (χ1n) is 6.46. The van der Waals surface area contributed by atoms with Gasteiger partial charge in [-0.3, -0.25) is 0 Å². The lowest BCUT2D eigenvalue weighted by atomic mass is 10.1. The van der Waals surface area contributed by atoms with Crippen molar-refractivity contribution < 1.29 is 9.26 Å². The van der Waals surface area contributed by atoms with Crippen molar-refractivity contribution in [3.8, 4) is 0 Å². The van der Waals surface area contributed by atoms with Crippen LogP contribution in [0, 0.1) is 0 Å². The van der Waals surface area contributed by atoms with Gasteiger partial charge in [0, 0.05) is 7.11 Å². The Kier molecular flexibility index (Phi) is 5.06. The fraction of sp³-hybridized carbons (Fsp3) is 0.429. The van der Waals surface area contributed by atoms with Crippen LogP contribution in [0.4, 0.5) is 0 Å². The lowest BCUT2D eigenvalue weighted by Gasteiger charge is -2.10. The monoisotopic (exact) mass is 261 g/mol. The van der Waals surface area contributed by atoms with Gasteiger partial charge in [-0.1, -0.05) is 42.4 Å². The van der Waals surface area contributed by atoms with E-state index in [-0.39, 0.29) is 6.10 Å². The number of benzene rings is 1. The van der Waals surface area contributed by atoms with E-state index in [0.717, 1.165) is 18.5 Å². The van der Waals surface area contributed by atoms with Crippen molar-refractivity contribution in [1.82, 2.24) is 15.5 Å². The first-order valence-corrected chi connectivity index (χ1v) is 6.46. The number of nitrogens with zero attached hydrogens (tertiary/aromatic N) is 2. The smallest absolute Gasteiger partial charge is 0.240 e. The van der Waals surface area contributed by atoms with Crippen molar-refractivity contribution in [3.63, 3.8) is 0 Å². The minimum Gasteiger partial charge on any atom is -0.369 e. The lowest BCUT2D eigenvalue weighted by molar-refractivity contribution is 0.126. The zero-order valence-corrected chi connectivity index (χ0v) is 11.3. The molecule has 0 aliphatic rings. The van der Waals surface area contributed by atoms with Gasteiger partial charge in [0.25, 0.3) is 0 Å². The van der Waals surface area contributed by atoms with Crippen LogP contribution < -0.4 is 5.32 Å². The van der Waals surface area contributed by atoms with Crippen LogP contribution in [0.3, 0.4) is 0 Å². The zero-order chi connectivity index (χ0) is 13.5. The third-order valence-electron chi connectivity index (χ3n) is 2.76. The number of methoxy groups -OCH3 is 1. The highest BCUT2D eigenvalue weighted by atomic mass is 16.5. The summed E-state index contributed by atoms with van der Waals surface area (Å²) in [4.78, 5) is 4.36. The molecule has 1 N–H and O–H groups in total. The molecule has 0 radical (unpaired) electrons. The molecule has 1 atom stereocenters. The Balaban J connectivity index is 2.07. The van der Waals surface area contributed by atoms with Crippen LogP contribution in [0.5, 0.6) is 0 Å². The molecule has 1 aromatic carbocycles. The molecule has 2 rings (SSSR count). The van der Waals surface area contributed by atoms with E-state index < -0.39 is 0 Å². The molecule has 5 nitrogen and oxygen atoms in total. The van der Waals surface area contributed by atoms with E-state index in [2.05, 4.69) is 22.4 Å². The van der Waals surface area contributed by atoms with E-state index >= 15 is 0 Å². The minimum absolute atomic E-state index is 0.287. The Bertz CT molecular complexity index is 484. The van der Waals surface area contributed by atoms with Gasteiger partial charge in [-0.2, -0.15) is 4.98 Å². The van der Waals surface area contributed by atoms with E-state index in [1.807, 2.05) is 30.3 Å². The van der Waals surface area contributed by atoms with Crippen molar-refractivity contribution >= 4 is 0 Å². The summed E-state index contributed by atoms with van der Waals surface area (Å²) in [7, 11) is 1.64. The minimum atomic E-state index is -0.287. The zero-order valence-electron chi connectivity index (χ0n) is 11.3. The number of hydrogen-bond acceptors (Lipinski definition) is 5. The second-order valence-corrected chi connectivity index (χ2v) is 4.25. The quantitative estimate of drug-likeness (QED) is 0.775. The van der Waals surface area contributed by atoms with E-state index in [1.165, 1.54) is 0 Å². The molecular formula is C14H19N3O2. The normalized spacial score (nSPS) is 12.5. The Morgan fingerprint density at radius 1 is 1.32 bits per heavy atom. The SMILES string of the molecule is CCCNCc1nc(C(OC)c2ccccc2)no1. The summed E-state index contributed by atoms with van der Waals surface area (Å²) < 4.78 is 10.7. The van der Waals surface area contributed by atoms with Crippen LogP contribution in [0.15, 0.2) is 34.9 Å². The molecule has 102 valence electrons. The van der Waals surface area contributed by atoms with E-state index in [4.69, 9.17) is 9.26 Å². The van der Waals surface area contributed by atoms with Crippen molar-refractivity contribution in [1.29, 1.82) is 0 Å². The number of ether oxygens (including phenoxy) is 1. The third kappa shape index (κ3) is 3.62. The summed E-state index contributed by atoms with van der Waals surface area (Å²) in [6, 6.07) is 9.86. The molecule has 0 spiro atoms. The summed E-state index contributed by atoms with van der Waals surface area (Å²) in [5, 5.41) is 7.22. The molecule has 19 heavy (non-hydrogen) atoms. The van der Waals surface area contributed by atoms with Gasteiger partial charge in [0.1, 0.15) is 6.10 Å². The molecule has 1 unspecified atom stereocenters. The molecule has 1 heterocycles. The first kappa shape index (κ1) is 13.7. The molecule has 0 bridgehead atoms. The molecule has 0 saturated carbocycles. The maximum absolute atomic E-state index is 5.46. The van der Waals surface area contributed by atoms with Gasteiger partial charge in [-0.05, 0) is 18.5 Å². The van der Waals surface area contributed by atoms with Crippen LogP contribution in [0.1, 0.15) is 36.7 Å². The van der Waals surface area contributed by atoms with Crippen molar-refractivity contribution in [2.24, 2.45) is 0 Å². The van der Waals surface area contributed by atoms with Crippen LogP contribution >= 0.6 is 0 Å². The second-order valence-electron chi connectivity index (χ2n) is 4.25. The van der Waals surface area contributed by atoms with Gasteiger partial charge in [0.05, 0.1) is 6.54 Å². The average Bonchev–Trinajstić information content (AvgIpc) is 2.90. The van der Waals surface area contributed by atoms with Crippen LogP contribution in [0.2, 0.25) is 0 Å². The van der Waals surface area contributed by atoms with Crippen molar-refractivity contribution in [3.05, 3.63) is 47.6 Å². The Hall–Kier alpha value is -1.72. The standard InChI is InChI=1S/C14H19N3O2/c1-3-9-15-10-12-16-14(17-19-12)13(18-2)11-7-5-4-6-8-11/h4-8,13,15H,3,9-10H2,1-2H3. The molecule has 1 aromatic heterocycles. The van der Waals surface area contributed by atoms with Gasteiger partial charge in [0.15, 0.2) is 0 Å². The highest BCUT2D eigenvalue weighted by molar-refractivity contribution is 5.22. The van der Waals surface area contributed by atoms with Gasteiger partial charge in [0.2, 0.25) is 11.7 Å².